The molecule has 0 aromatic heterocycles. The summed E-state index contributed by atoms with van der Waals surface area (Å²) in [6.45, 7) is 4.45. The zero-order valence-corrected chi connectivity index (χ0v) is 22.6. The van der Waals surface area contributed by atoms with Crippen molar-refractivity contribution in [3.8, 4) is 0 Å². The number of urea groups is 1. The van der Waals surface area contributed by atoms with E-state index in [-0.39, 0.29) is 19.4 Å². The van der Waals surface area contributed by atoms with Gasteiger partial charge in [-0.15, -0.1) is 0 Å². The van der Waals surface area contributed by atoms with Crippen LogP contribution in [0.25, 0.3) is 0 Å². The van der Waals surface area contributed by atoms with E-state index < -0.39 is 59.6 Å². The van der Waals surface area contributed by atoms with Gasteiger partial charge >= 0.3 is 12.2 Å². The smallest absolute Gasteiger partial charge is 0.369 e. The van der Waals surface area contributed by atoms with Crippen LogP contribution >= 0.6 is 0 Å². The van der Waals surface area contributed by atoms with Crippen LogP contribution in [0.3, 0.4) is 0 Å². The van der Waals surface area contributed by atoms with Crippen molar-refractivity contribution in [2.24, 2.45) is 17.1 Å². The number of rotatable bonds is 9. The van der Waals surface area contributed by atoms with Gasteiger partial charge in [0, 0.05) is 25.7 Å². The van der Waals surface area contributed by atoms with Crippen molar-refractivity contribution in [1.82, 2.24) is 20.4 Å². The van der Waals surface area contributed by atoms with Gasteiger partial charge in [0.1, 0.15) is 11.5 Å². The third-order valence-corrected chi connectivity index (χ3v) is 7.93. The number of likely N-dealkylation sites (tertiary alicyclic amines) is 2. The highest BCUT2D eigenvalue weighted by Crippen LogP contribution is 2.42. The van der Waals surface area contributed by atoms with E-state index in [1.54, 1.807) is 36.9 Å². The Morgan fingerprint density at radius 3 is 2.15 bits per heavy atom. The Kier molecular flexibility index (Phi) is 9.63. The van der Waals surface area contributed by atoms with Crippen LogP contribution in [0, 0.1) is 11.3 Å². The molecular weight excluding hydrogens is 515 g/mol. The topological polar surface area (TPSA) is 125 Å². The number of hydrogen-bond acceptors (Lipinski definition) is 5. The largest absolute Gasteiger partial charge is 0.451 e. The minimum absolute atomic E-state index is 0.0143. The minimum atomic E-state index is -5.35. The number of nitrogens with one attached hydrogen (secondary N) is 2. The second-order valence-corrected chi connectivity index (χ2v) is 10.7. The number of piperidine rings is 1. The highest BCUT2D eigenvalue weighted by Gasteiger charge is 2.63. The van der Waals surface area contributed by atoms with Crippen LogP contribution < -0.4 is 16.4 Å². The molecule has 2 aliphatic heterocycles. The monoisotopic (exact) mass is 553 g/mol. The van der Waals surface area contributed by atoms with Crippen molar-refractivity contribution in [1.29, 1.82) is 0 Å². The van der Waals surface area contributed by atoms with Gasteiger partial charge in [-0.3, -0.25) is 14.4 Å². The Labute approximate surface area is 226 Å². The molecule has 0 bridgehead atoms. The molecule has 9 nitrogen and oxygen atoms in total. The molecule has 0 unspecified atom stereocenters. The van der Waals surface area contributed by atoms with E-state index in [0.717, 1.165) is 17.7 Å². The fourth-order valence-corrected chi connectivity index (χ4v) is 5.71. The molecule has 2 saturated heterocycles. The van der Waals surface area contributed by atoms with Gasteiger partial charge in [0.15, 0.2) is 0 Å². The Morgan fingerprint density at radius 1 is 1.03 bits per heavy atom. The standard InChI is InChI=1S/C27H38F3N5O4/c1-17(2)21(33-25(39)34-14-11-19(32-3)12-15-34)22(36)35-13-7-10-20(35)26(24(31)38,23(37)27(28,29)30)16-18-8-5-4-6-9-18/h4-6,8-9,17,19-21,32H,7,10-16H2,1-3H3,(H2,31,38)(H,33,39)/t20-,21-,26-/m0/s1. The third kappa shape index (κ3) is 6.54. The number of carbonyl (C=O) groups excluding carboxylic acids is 4. The summed E-state index contributed by atoms with van der Waals surface area (Å²) in [7, 11) is 1.85. The van der Waals surface area contributed by atoms with Crippen LogP contribution in [-0.2, 0) is 20.8 Å². The van der Waals surface area contributed by atoms with Crippen LogP contribution in [0.1, 0.15) is 45.1 Å². The van der Waals surface area contributed by atoms with E-state index in [4.69, 9.17) is 5.73 Å². The number of carbonyl (C=O) groups is 4. The molecule has 2 aliphatic rings. The highest BCUT2D eigenvalue weighted by atomic mass is 19.4. The van der Waals surface area contributed by atoms with Crippen LogP contribution in [0.4, 0.5) is 18.0 Å². The summed E-state index contributed by atoms with van der Waals surface area (Å²) >= 11 is 0. The number of halogens is 3. The number of ketones is 1. The van der Waals surface area contributed by atoms with Gasteiger partial charge in [-0.1, -0.05) is 44.2 Å². The number of hydrogen-bond donors (Lipinski definition) is 3. The van der Waals surface area contributed by atoms with Gasteiger partial charge in [-0.2, -0.15) is 13.2 Å². The number of primary amides is 1. The summed E-state index contributed by atoms with van der Waals surface area (Å²) in [4.78, 5) is 55.5. The van der Waals surface area contributed by atoms with Gasteiger partial charge < -0.3 is 26.2 Å². The summed E-state index contributed by atoms with van der Waals surface area (Å²) in [5.74, 6) is -4.75. The lowest BCUT2D eigenvalue weighted by Crippen LogP contribution is -2.64. The predicted molar refractivity (Wildman–Crippen MR) is 138 cm³/mol. The van der Waals surface area contributed by atoms with Crippen molar-refractivity contribution >= 4 is 23.6 Å². The summed E-state index contributed by atoms with van der Waals surface area (Å²) in [5.41, 5.74) is 3.21. The summed E-state index contributed by atoms with van der Waals surface area (Å²) < 4.78 is 41.9. The minimum Gasteiger partial charge on any atom is -0.369 e. The number of alkyl halides is 3. The van der Waals surface area contributed by atoms with Crippen molar-refractivity contribution in [3.05, 3.63) is 35.9 Å². The zero-order chi connectivity index (χ0) is 29.0. The first-order valence-corrected chi connectivity index (χ1v) is 13.3. The maximum Gasteiger partial charge on any atom is 0.451 e. The second kappa shape index (κ2) is 12.4. The van der Waals surface area contributed by atoms with Crippen LogP contribution in [-0.4, -0.2) is 84.4 Å². The molecule has 2 fully saturated rings. The summed E-state index contributed by atoms with van der Waals surface area (Å²) in [6.07, 6.45) is -4.19. The predicted octanol–water partition coefficient (Wildman–Crippen LogP) is 2.24. The SMILES string of the molecule is CNC1CCN(C(=O)N[C@H](C(=O)N2CCC[C@H]2[C@](Cc2ccccc2)(C(N)=O)C(=O)C(F)(F)F)C(C)C)CC1. The van der Waals surface area contributed by atoms with Crippen LogP contribution in [0.15, 0.2) is 30.3 Å². The Bertz CT molecular complexity index is 1040. The molecule has 4 amide bonds. The normalized spacial score (nSPS) is 20.9. The fourth-order valence-electron chi connectivity index (χ4n) is 5.71. The van der Waals surface area contributed by atoms with E-state index in [2.05, 4.69) is 10.6 Å². The molecule has 12 heteroatoms. The first-order chi connectivity index (χ1) is 18.3. The maximum atomic E-state index is 14.0. The quantitative estimate of drug-likeness (QED) is 0.405. The van der Waals surface area contributed by atoms with E-state index in [0.29, 0.717) is 24.7 Å². The van der Waals surface area contributed by atoms with Crippen molar-refractivity contribution in [3.63, 3.8) is 0 Å². The van der Waals surface area contributed by atoms with Gasteiger partial charge in [-0.05, 0) is 50.6 Å². The highest BCUT2D eigenvalue weighted by molar-refractivity contribution is 6.09. The number of amides is 4. The van der Waals surface area contributed by atoms with E-state index >= 15 is 0 Å². The molecule has 0 spiro atoms. The maximum absolute atomic E-state index is 14.0. The van der Waals surface area contributed by atoms with Gasteiger partial charge in [0.25, 0.3) is 5.78 Å². The van der Waals surface area contributed by atoms with Crippen molar-refractivity contribution < 1.29 is 32.3 Å². The molecule has 1 aromatic carbocycles. The van der Waals surface area contributed by atoms with Crippen LogP contribution in [0.5, 0.6) is 0 Å². The second-order valence-electron chi connectivity index (χ2n) is 10.7. The fraction of sp³-hybridized carbons (Fsp3) is 0.630. The number of nitrogens with zero attached hydrogens (tertiary/aromatic N) is 2. The molecule has 4 N–H and O–H groups in total. The van der Waals surface area contributed by atoms with Crippen molar-refractivity contribution in [2.75, 3.05) is 26.7 Å². The van der Waals surface area contributed by atoms with E-state index in [1.807, 2.05) is 7.05 Å². The lowest BCUT2D eigenvalue weighted by Gasteiger charge is -2.41. The van der Waals surface area contributed by atoms with Crippen molar-refractivity contribution in [2.45, 2.75) is 70.3 Å². The van der Waals surface area contributed by atoms with Crippen LogP contribution in [0.2, 0.25) is 0 Å². The van der Waals surface area contributed by atoms with Gasteiger partial charge in [0.2, 0.25) is 11.8 Å². The first kappa shape index (κ1) is 30.4. The zero-order valence-electron chi connectivity index (χ0n) is 22.6. The average molecular weight is 554 g/mol. The number of nitrogens with two attached hydrogens (primary N) is 1. The van der Waals surface area contributed by atoms with E-state index in [1.165, 1.54) is 12.1 Å². The summed E-state index contributed by atoms with van der Waals surface area (Å²) in [5, 5.41) is 5.94. The molecule has 2 heterocycles. The number of benzene rings is 1. The summed E-state index contributed by atoms with van der Waals surface area (Å²) in [6, 6.07) is 5.21. The average Bonchev–Trinajstić information content (AvgIpc) is 3.39. The first-order valence-electron chi connectivity index (χ1n) is 13.3. The number of Topliss-reactive ketones (excluding diaryl/α,β-unsaturated/α-hetero) is 1. The molecule has 3 rings (SSSR count). The molecule has 0 aliphatic carbocycles. The Balaban J connectivity index is 1.93. The van der Waals surface area contributed by atoms with Gasteiger partial charge in [0.05, 0.1) is 6.04 Å². The van der Waals surface area contributed by atoms with E-state index in [9.17, 15) is 32.3 Å². The third-order valence-electron chi connectivity index (χ3n) is 7.93. The molecule has 0 radical (unpaired) electrons. The lowest BCUT2D eigenvalue weighted by molar-refractivity contribution is -0.187. The molecular formula is C27H38F3N5O4. The molecule has 3 atom stereocenters. The lowest BCUT2D eigenvalue weighted by atomic mass is 9.69. The van der Waals surface area contributed by atoms with Gasteiger partial charge in [-0.25, -0.2) is 4.79 Å². The Morgan fingerprint density at radius 2 is 1.64 bits per heavy atom. The molecule has 216 valence electrons. The molecule has 1 aromatic rings. The molecule has 39 heavy (non-hydrogen) atoms. The molecule has 0 saturated carbocycles. The Hall–Kier alpha value is -3.15.